The second-order valence-corrected chi connectivity index (χ2v) is 21.5. The second-order valence-electron chi connectivity index (χ2n) is 19.8. The van der Waals surface area contributed by atoms with Crippen LogP contribution < -0.4 is 21.1 Å². The quantitative estimate of drug-likeness (QED) is 0.0456. The zero-order chi connectivity index (χ0) is 53.4. The maximum absolute atomic E-state index is 14.3. The molecule has 0 radical (unpaired) electrons. The van der Waals surface area contributed by atoms with Crippen LogP contribution in [0, 0.1) is 5.92 Å². The first kappa shape index (κ1) is 54.4. The van der Waals surface area contributed by atoms with Crippen LogP contribution in [0.15, 0.2) is 88.1 Å². The molecule has 0 bridgehead atoms. The summed E-state index contributed by atoms with van der Waals surface area (Å²) in [5.41, 5.74) is 8.54. The summed E-state index contributed by atoms with van der Waals surface area (Å²) >= 11 is 2.88. The molecule has 2 saturated heterocycles. The minimum Gasteiger partial charge on any atom is -0.491 e. The van der Waals surface area contributed by atoms with Gasteiger partial charge in [-0.05, 0) is 102 Å². The number of carbonyl (C=O) groups excluding carboxylic acids is 4. The molecule has 4 N–H and O–H groups in total. The van der Waals surface area contributed by atoms with Crippen LogP contribution in [0.1, 0.15) is 119 Å². The number of primary amides is 1. The molecule has 76 heavy (non-hydrogen) atoms. The van der Waals surface area contributed by atoms with Crippen molar-refractivity contribution in [2.75, 3.05) is 53.0 Å². The predicted octanol–water partition coefficient (Wildman–Crippen LogP) is 8.67. The maximum atomic E-state index is 14.3. The number of piperidine rings is 1. The summed E-state index contributed by atoms with van der Waals surface area (Å²) in [4.78, 5) is 71.7. The molecule has 3 aromatic heterocycles. The lowest BCUT2D eigenvalue weighted by Crippen LogP contribution is -2.55. The van der Waals surface area contributed by atoms with E-state index in [0.717, 1.165) is 61.2 Å². The second kappa shape index (κ2) is 24.3. The fraction of sp³-hybridized carbons (Fsp3) is 0.455. The summed E-state index contributed by atoms with van der Waals surface area (Å²) in [6.45, 7) is 5.20. The number of amides is 3. The number of halogens is 3. The number of nitrogens with two attached hydrogens (primary N) is 1. The Labute approximate surface area is 447 Å². The summed E-state index contributed by atoms with van der Waals surface area (Å²) in [5.74, 6) is -2.47. The number of likely N-dealkylation sites (N-methyl/N-ethyl adjacent to an activating group) is 1. The third-order valence-corrected chi connectivity index (χ3v) is 17.0. The monoisotopic (exact) mass is 1080 g/mol. The van der Waals surface area contributed by atoms with Crippen LogP contribution >= 0.6 is 22.7 Å². The number of thiazole rings is 2. The number of carbonyl (C=O) groups is 4. The minimum atomic E-state index is -4.85. The summed E-state index contributed by atoms with van der Waals surface area (Å²) in [6, 6.07) is 20.1. The normalized spacial score (nSPS) is 18.1. The van der Waals surface area contributed by atoms with Crippen LogP contribution in [-0.4, -0.2) is 119 Å². The Bertz CT molecular complexity index is 2970. The number of likely N-dealkylation sites (tertiary alicyclic amines) is 2. The summed E-state index contributed by atoms with van der Waals surface area (Å²) in [7, 11) is 1.72. The van der Waals surface area contributed by atoms with Gasteiger partial charge in [0, 0.05) is 51.5 Å². The van der Waals surface area contributed by atoms with E-state index in [2.05, 4.69) is 30.2 Å². The van der Waals surface area contributed by atoms with E-state index < -0.39 is 35.5 Å². The van der Waals surface area contributed by atoms with Crippen LogP contribution in [0.2, 0.25) is 0 Å². The van der Waals surface area contributed by atoms with E-state index in [1.165, 1.54) is 22.7 Å². The predicted molar refractivity (Wildman–Crippen MR) is 281 cm³/mol. The van der Waals surface area contributed by atoms with E-state index in [9.17, 15) is 32.3 Å². The molecule has 5 heterocycles. The molecule has 0 unspecified atom stereocenters. The average Bonchev–Trinajstić information content (AvgIpc) is 4.30. The molecule has 3 atom stereocenters. The van der Waals surface area contributed by atoms with Crippen molar-refractivity contribution in [1.29, 1.82) is 0 Å². The van der Waals surface area contributed by atoms with Crippen molar-refractivity contribution in [3.05, 3.63) is 122 Å². The van der Waals surface area contributed by atoms with Gasteiger partial charge in [-0.1, -0.05) is 79.0 Å². The molecule has 21 heteroatoms. The number of hydrogen-bond acceptors (Lipinski definition) is 15. The van der Waals surface area contributed by atoms with Crippen LogP contribution in [0.3, 0.4) is 0 Å². The van der Waals surface area contributed by atoms with E-state index in [1.807, 2.05) is 40.6 Å². The molecule has 402 valence electrons. The highest BCUT2D eigenvalue weighted by molar-refractivity contribution is 7.10. The number of nitrogens with one attached hydrogen (secondary N) is 2. The maximum Gasteiger partial charge on any atom is 0.471 e. The molecule has 1 aliphatic carbocycles. The van der Waals surface area contributed by atoms with Crippen LogP contribution in [0.5, 0.6) is 5.75 Å². The van der Waals surface area contributed by atoms with Crippen molar-refractivity contribution < 1.29 is 46.3 Å². The molecule has 3 aromatic carbocycles. The lowest BCUT2D eigenvalue weighted by Gasteiger charge is -2.41. The van der Waals surface area contributed by atoms with Crippen LogP contribution in [0.25, 0.3) is 22.6 Å². The van der Waals surface area contributed by atoms with Gasteiger partial charge in [0.2, 0.25) is 29.3 Å². The van der Waals surface area contributed by atoms with E-state index in [4.69, 9.17) is 25.2 Å². The first-order valence-electron chi connectivity index (χ1n) is 25.9. The Morgan fingerprint density at radius 2 is 1.66 bits per heavy atom. The summed E-state index contributed by atoms with van der Waals surface area (Å²) in [5, 5.41) is 15.0. The number of rotatable bonds is 21. The van der Waals surface area contributed by atoms with Gasteiger partial charge in [0.1, 0.15) is 29.1 Å². The van der Waals surface area contributed by atoms with Crippen molar-refractivity contribution in [2.24, 2.45) is 11.7 Å². The van der Waals surface area contributed by atoms with Crippen molar-refractivity contribution in [1.82, 2.24) is 40.5 Å². The van der Waals surface area contributed by atoms with Gasteiger partial charge in [0.15, 0.2) is 0 Å². The smallest absolute Gasteiger partial charge is 0.471 e. The van der Waals surface area contributed by atoms with Crippen molar-refractivity contribution in [2.45, 2.75) is 101 Å². The number of benzene rings is 3. The van der Waals surface area contributed by atoms with Gasteiger partial charge < -0.3 is 40.2 Å². The lowest BCUT2D eigenvalue weighted by molar-refractivity contribution is -0.159. The summed E-state index contributed by atoms with van der Waals surface area (Å²) in [6.07, 6.45) is 3.10. The zero-order valence-electron chi connectivity index (χ0n) is 42.5. The molecule has 3 amide bonds. The SMILES string of the molecule is CN[C@@H](C)C(=O)N[C@H](C(=O)N1CCC[C@H]1c1nc(C(=O)c2cccc(OCCOCCN3CCC(Cc4c(C(N)=O)cccc4-c4noc(C(F)(F)F)n4)(c4nc(-c5ccccc5)cs4)CC3)c2)cs1)C1CCCCC1. The molecule has 3 fully saturated rings. The van der Waals surface area contributed by atoms with Gasteiger partial charge in [-0.2, -0.15) is 18.2 Å². The molecule has 1 saturated carbocycles. The van der Waals surface area contributed by atoms with Gasteiger partial charge in [-0.25, -0.2) is 9.97 Å². The number of nitrogens with zero attached hydrogens (tertiary/aromatic N) is 6. The highest BCUT2D eigenvalue weighted by Crippen LogP contribution is 2.44. The highest BCUT2D eigenvalue weighted by Gasteiger charge is 2.43. The molecule has 16 nitrogen and oxygen atoms in total. The fourth-order valence-corrected chi connectivity index (χ4v) is 12.6. The fourth-order valence-electron chi connectivity index (χ4n) is 10.6. The number of hydrogen-bond donors (Lipinski definition) is 3. The largest absolute Gasteiger partial charge is 0.491 e. The Hall–Kier alpha value is -6.39. The van der Waals surface area contributed by atoms with Crippen molar-refractivity contribution in [3.8, 4) is 28.4 Å². The topological polar surface area (TPSA) is 208 Å². The van der Waals surface area contributed by atoms with E-state index in [1.54, 1.807) is 61.8 Å². The standard InChI is InChI=1S/C55H62F3N9O7S2/c1-34(60-2)49(70)63-45(36-14-7-4-8-15-36)51(71)67-23-11-20-44(67)50-61-43(33-75-50)46(68)37-16-9-17-38(30-37)73-29-28-72-27-26-66-24-21-54(22-25-66,53-62-42(32-76-53)35-12-5-3-6-13-35)31-41-39(47(59)69)18-10-19-40(41)48-64-52(74-65-48)55(56,57)58/h3,5-6,9-10,12-13,16-19,30,32-34,36,44-45,60H,4,7-8,11,14-15,20-29,31H2,1-2H3,(H2,59,69)(H,63,70)/t34-,44-,45-/m0/s1. The Morgan fingerprint density at radius 3 is 2.39 bits per heavy atom. The van der Waals surface area contributed by atoms with Gasteiger partial charge in [0.05, 0.1) is 36.0 Å². The van der Waals surface area contributed by atoms with Crippen LogP contribution in [0.4, 0.5) is 13.2 Å². The molecule has 3 aliphatic rings. The third-order valence-electron chi connectivity index (χ3n) is 14.9. The third kappa shape index (κ3) is 12.5. The van der Waals surface area contributed by atoms with E-state index in [-0.39, 0.29) is 59.5 Å². The van der Waals surface area contributed by atoms with Gasteiger partial charge >= 0.3 is 12.1 Å². The Kier molecular flexibility index (Phi) is 17.4. The number of aromatic nitrogens is 4. The number of ketones is 1. The van der Waals surface area contributed by atoms with Gasteiger partial charge in [-0.15, -0.1) is 22.7 Å². The minimum absolute atomic E-state index is 0.0718. The Balaban J connectivity index is 0.795. The first-order valence-corrected chi connectivity index (χ1v) is 27.6. The van der Waals surface area contributed by atoms with E-state index >= 15 is 0 Å². The molecule has 0 spiro atoms. The van der Waals surface area contributed by atoms with Gasteiger partial charge in [0.25, 0.3) is 0 Å². The Morgan fingerprint density at radius 1 is 0.882 bits per heavy atom. The average molecular weight is 1080 g/mol. The van der Waals surface area contributed by atoms with Gasteiger partial charge in [-0.3, -0.25) is 19.2 Å². The number of ether oxygens (including phenoxy) is 2. The van der Waals surface area contributed by atoms with E-state index in [0.29, 0.717) is 79.8 Å². The zero-order valence-corrected chi connectivity index (χ0v) is 44.1. The van der Waals surface area contributed by atoms with Crippen molar-refractivity contribution >= 4 is 46.2 Å². The lowest BCUT2D eigenvalue weighted by atomic mass is 9.72. The summed E-state index contributed by atoms with van der Waals surface area (Å²) < 4.78 is 57.4. The highest BCUT2D eigenvalue weighted by atomic mass is 32.1. The molecule has 2 aliphatic heterocycles. The van der Waals surface area contributed by atoms with Crippen LogP contribution in [-0.2, 0) is 32.3 Å². The molecular weight excluding hydrogens is 1020 g/mol. The first-order chi connectivity index (χ1) is 36.7. The molecule has 6 aromatic rings. The van der Waals surface area contributed by atoms with Crippen molar-refractivity contribution in [3.63, 3.8) is 0 Å². The molecular formula is C55H62F3N9O7S2. The number of alkyl halides is 3. The molecule has 9 rings (SSSR count).